The summed E-state index contributed by atoms with van der Waals surface area (Å²) in [7, 11) is 0. The Hall–Kier alpha value is -0.250. The van der Waals surface area contributed by atoms with E-state index in [0.717, 1.165) is 17.9 Å². The predicted molar refractivity (Wildman–Crippen MR) is 57.1 cm³/mol. The lowest BCUT2D eigenvalue weighted by Crippen LogP contribution is -1.88. The molecule has 1 aromatic rings. The van der Waals surface area contributed by atoms with Crippen LogP contribution in [0.5, 0.6) is 0 Å². The van der Waals surface area contributed by atoms with Crippen LogP contribution in [-0.4, -0.2) is 22.5 Å². The number of thioether (sulfide) groups is 1. The standard InChI is InChI=1S/C9H12ClNOS/c10-9-6-8(2-3-11-9)7-13-5-1-4-12/h2-3,6,12H,1,4-5,7H2. The summed E-state index contributed by atoms with van der Waals surface area (Å²) >= 11 is 7.52. The lowest BCUT2D eigenvalue weighted by molar-refractivity contribution is 0.296. The molecule has 1 aromatic heterocycles. The summed E-state index contributed by atoms with van der Waals surface area (Å²) in [5, 5.41) is 9.11. The van der Waals surface area contributed by atoms with Crippen molar-refractivity contribution in [1.29, 1.82) is 0 Å². The van der Waals surface area contributed by atoms with Gasteiger partial charge in [0.15, 0.2) is 0 Å². The van der Waals surface area contributed by atoms with Gasteiger partial charge in [-0.3, -0.25) is 0 Å². The van der Waals surface area contributed by atoms with E-state index in [1.54, 1.807) is 18.0 Å². The molecule has 1 heterocycles. The summed E-state index contributed by atoms with van der Waals surface area (Å²) in [4.78, 5) is 3.90. The first-order valence-electron chi connectivity index (χ1n) is 4.12. The van der Waals surface area contributed by atoms with Crippen LogP contribution < -0.4 is 0 Å². The SMILES string of the molecule is OCCCSCc1ccnc(Cl)c1. The zero-order valence-corrected chi connectivity index (χ0v) is 8.81. The Morgan fingerprint density at radius 3 is 3.08 bits per heavy atom. The minimum Gasteiger partial charge on any atom is -0.396 e. The Morgan fingerprint density at radius 1 is 1.54 bits per heavy atom. The molecule has 1 rings (SSSR count). The predicted octanol–water partition coefficient (Wildman–Crippen LogP) is 2.35. The van der Waals surface area contributed by atoms with Gasteiger partial charge in [0.1, 0.15) is 5.15 Å². The number of nitrogens with zero attached hydrogens (tertiary/aromatic N) is 1. The van der Waals surface area contributed by atoms with Gasteiger partial charge in [-0.25, -0.2) is 4.98 Å². The second-order valence-corrected chi connectivity index (χ2v) is 4.11. The summed E-state index contributed by atoms with van der Waals surface area (Å²) in [5.74, 6) is 1.92. The average Bonchev–Trinajstić information content (AvgIpc) is 2.13. The largest absolute Gasteiger partial charge is 0.396 e. The topological polar surface area (TPSA) is 33.1 Å². The molecule has 0 unspecified atom stereocenters. The molecule has 0 aliphatic heterocycles. The first kappa shape index (κ1) is 10.8. The van der Waals surface area contributed by atoms with Gasteiger partial charge in [0, 0.05) is 18.6 Å². The van der Waals surface area contributed by atoms with Crippen LogP contribution in [0.4, 0.5) is 0 Å². The fourth-order valence-corrected chi connectivity index (χ4v) is 1.98. The Kier molecular flexibility index (Phi) is 5.20. The van der Waals surface area contributed by atoms with Gasteiger partial charge >= 0.3 is 0 Å². The summed E-state index contributed by atoms with van der Waals surface area (Å²) in [6.45, 7) is 0.268. The van der Waals surface area contributed by atoms with Crippen LogP contribution in [0.2, 0.25) is 5.15 Å². The average molecular weight is 218 g/mol. The maximum Gasteiger partial charge on any atom is 0.129 e. The number of aliphatic hydroxyl groups is 1. The third-order valence-corrected chi connectivity index (χ3v) is 2.83. The summed E-state index contributed by atoms with van der Waals surface area (Å²) in [5.41, 5.74) is 1.18. The molecule has 0 aliphatic carbocycles. The monoisotopic (exact) mass is 217 g/mol. The minimum atomic E-state index is 0.268. The molecule has 0 saturated carbocycles. The van der Waals surface area contributed by atoms with Crippen molar-refractivity contribution in [3.8, 4) is 0 Å². The molecule has 72 valence electrons. The van der Waals surface area contributed by atoms with E-state index in [1.807, 2.05) is 12.1 Å². The molecule has 2 nitrogen and oxygen atoms in total. The van der Waals surface area contributed by atoms with Gasteiger partial charge in [-0.05, 0) is 29.9 Å². The van der Waals surface area contributed by atoms with E-state index in [2.05, 4.69) is 4.98 Å². The second-order valence-electron chi connectivity index (χ2n) is 2.62. The molecule has 0 aliphatic rings. The minimum absolute atomic E-state index is 0.268. The van der Waals surface area contributed by atoms with Crippen molar-refractivity contribution >= 4 is 23.4 Å². The van der Waals surface area contributed by atoms with E-state index in [0.29, 0.717) is 5.15 Å². The van der Waals surface area contributed by atoms with E-state index in [4.69, 9.17) is 16.7 Å². The highest BCUT2D eigenvalue weighted by Gasteiger charge is 1.95. The highest BCUT2D eigenvalue weighted by molar-refractivity contribution is 7.98. The normalized spacial score (nSPS) is 10.3. The van der Waals surface area contributed by atoms with Crippen molar-refractivity contribution in [2.24, 2.45) is 0 Å². The Bertz CT molecular complexity index is 257. The van der Waals surface area contributed by atoms with Crippen LogP contribution in [0.3, 0.4) is 0 Å². The molecule has 1 N–H and O–H groups in total. The van der Waals surface area contributed by atoms with Gasteiger partial charge in [-0.1, -0.05) is 11.6 Å². The number of rotatable bonds is 5. The summed E-state index contributed by atoms with van der Waals surface area (Å²) in [6, 6.07) is 3.82. The Labute approximate surface area is 87.3 Å². The van der Waals surface area contributed by atoms with Gasteiger partial charge in [0.2, 0.25) is 0 Å². The molecule has 0 spiro atoms. The van der Waals surface area contributed by atoms with E-state index < -0.39 is 0 Å². The van der Waals surface area contributed by atoms with Crippen LogP contribution in [0.25, 0.3) is 0 Å². The van der Waals surface area contributed by atoms with Crippen molar-refractivity contribution < 1.29 is 5.11 Å². The Balaban J connectivity index is 2.28. The fourth-order valence-electron chi connectivity index (χ4n) is 0.889. The smallest absolute Gasteiger partial charge is 0.129 e. The summed E-state index contributed by atoms with van der Waals surface area (Å²) in [6.07, 6.45) is 2.56. The first-order chi connectivity index (χ1) is 6.33. The quantitative estimate of drug-likeness (QED) is 0.607. The molecule has 13 heavy (non-hydrogen) atoms. The maximum absolute atomic E-state index is 8.56. The van der Waals surface area contributed by atoms with Gasteiger partial charge < -0.3 is 5.11 Å². The van der Waals surface area contributed by atoms with Crippen molar-refractivity contribution in [2.75, 3.05) is 12.4 Å². The van der Waals surface area contributed by atoms with E-state index in [9.17, 15) is 0 Å². The van der Waals surface area contributed by atoms with E-state index >= 15 is 0 Å². The molecule has 0 atom stereocenters. The van der Waals surface area contributed by atoms with Crippen molar-refractivity contribution in [1.82, 2.24) is 4.98 Å². The van der Waals surface area contributed by atoms with E-state index in [1.165, 1.54) is 5.56 Å². The zero-order chi connectivity index (χ0) is 9.52. The molecule has 0 amide bonds. The molecule has 0 aromatic carbocycles. The van der Waals surface area contributed by atoms with Crippen LogP contribution >= 0.6 is 23.4 Å². The molecular weight excluding hydrogens is 206 g/mol. The molecule has 0 radical (unpaired) electrons. The molecular formula is C9H12ClNOS. The van der Waals surface area contributed by atoms with Gasteiger partial charge in [0.05, 0.1) is 0 Å². The number of hydrogen-bond acceptors (Lipinski definition) is 3. The summed E-state index contributed by atoms with van der Waals surface area (Å²) < 4.78 is 0. The van der Waals surface area contributed by atoms with Gasteiger partial charge in [-0.15, -0.1) is 0 Å². The molecule has 0 bridgehead atoms. The zero-order valence-electron chi connectivity index (χ0n) is 7.24. The fraction of sp³-hybridized carbons (Fsp3) is 0.444. The highest BCUT2D eigenvalue weighted by Crippen LogP contribution is 2.14. The van der Waals surface area contributed by atoms with Gasteiger partial charge in [-0.2, -0.15) is 11.8 Å². The number of halogens is 1. The first-order valence-corrected chi connectivity index (χ1v) is 5.65. The number of hydrogen-bond donors (Lipinski definition) is 1. The molecule has 0 saturated heterocycles. The van der Waals surface area contributed by atoms with Crippen molar-refractivity contribution in [3.05, 3.63) is 29.0 Å². The lowest BCUT2D eigenvalue weighted by Gasteiger charge is -2.00. The van der Waals surface area contributed by atoms with Crippen LogP contribution in [0.1, 0.15) is 12.0 Å². The number of aromatic nitrogens is 1. The van der Waals surface area contributed by atoms with Crippen LogP contribution in [0.15, 0.2) is 18.3 Å². The maximum atomic E-state index is 8.56. The van der Waals surface area contributed by atoms with E-state index in [-0.39, 0.29) is 6.61 Å². The molecule has 0 fully saturated rings. The second kappa shape index (κ2) is 6.24. The third-order valence-electron chi connectivity index (χ3n) is 1.51. The van der Waals surface area contributed by atoms with Crippen molar-refractivity contribution in [3.63, 3.8) is 0 Å². The van der Waals surface area contributed by atoms with Crippen molar-refractivity contribution in [2.45, 2.75) is 12.2 Å². The van der Waals surface area contributed by atoms with Crippen LogP contribution in [-0.2, 0) is 5.75 Å². The highest BCUT2D eigenvalue weighted by atomic mass is 35.5. The lowest BCUT2D eigenvalue weighted by atomic mass is 10.3. The number of pyridine rings is 1. The Morgan fingerprint density at radius 2 is 2.38 bits per heavy atom. The number of aliphatic hydroxyl groups excluding tert-OH is 1. The molecule has 4 heteroatoms. The van der Waals surface area contributed by atoms with Crippen LogP contribution in [0, 0.1) is 0 Å². The van der Waals surface area contributed by atoms with Gasteiger partial charge in [0.25, 0.3) is 0 Å². The third kappa shape index (κ3) is 4.50.